The van der Waals surface area contributed by atoms with Gasteiger partial charge in [0.25, 0.3) is 10.0 Å². The highest BCUT2D eigenvalue weighted by Gasteiger charge is 2.17. The number of nitrogens with one attached hydrogen (secondary N) is 1. The van der Waals surface area contributed by atoms with Crippen LogP contribution in [-0.2, 0) is 24.3 Å². The first-order chi connectivity index (χ1) is 9.85. The van der Waals surface area contributed by atoms with Crippen molar-refractivity contribution < 1.29 is 22.7 Å². The van der Waals surface area contributed by atoms with Gasteiger partial charge in [0.05, 0.1) is 12.0 Å². The minimum absolute atomic E-state index is 0.0437. The van der Waals surface area contributed by atoms with Crippen LogP contribution in [0, 0.1) is 6.92 Å². The van der Waals surface area contributed by atoms with Gasteiger partial charge in [0.15, 0.2) is 0 Å². The minimum atomic E-state index is -3.83. The lowest BCUT2D eigenvalue weighted by Crippen LogP contribution is -2.30. The fourth-order valence-electron chi connectivity index (χ4n) is 1.63. The van der Waals surface area contributed by atoms with Crippen LogP contribution in [0.25, 0.3) is 0 Å². The number of benzene rings is 1. The molecule has 0 radical (unpaired) electrons. The summed E-state index contributed by atoms with van der Waals surface area (Å²) >= 11 is 0. The zero-order valence-electron chi connectivity index (χ0n) is 12.1. The molecule has 1 N–H and O–H groups in total. The Balaban J connectivity index is 2.46. The summed E-state index contributed by atoms with van der Waals surface area (Å²) in [6.45, 7) is 1.84. The summed E-state index contributed by atoms with van der Waals surface area (Å²) in [5.74, 6) is -0.928. The highest BCUT2D eigenvalue weighted by Crippen LogP contribution is 2.10. The van der Waals surface area contributed by atoms with Crippen molar-refractivity contribution in [1.29, 1.82) is 0 Å². The average Bonchev–Trinajstić information content (AvgIpc) is 2.43. The number of esters is 1. The second-order valence-corrected chi connectivity index (χ2v) is 6.31. The third-order valence-electron chi connectivity index (χ3n) is 2.84. The van der Waals surface area contributed by atoms with E-state index in [-0.39, 0.29) is 23.7 Å². The number of ether oxygens (including phenoxy) is 1. The van der Waals surface area contributed by atoms with Gasteiger partial charge in [-0.2, -0.15) is 0 Å². The monoisotopic (exact) mass is 313 g/mol. The van der Waals surface area contributed by atoms with E-state index in [1.807, 2.05) is 11.6 Å². The maximum Gasteiger partial charge on any atom is 0.305 e. The molecule has 0 aliphatic carbocycles. The van der Waals surface area contributed by atoms with Gasteiger partial charge in [-0.15, -0.1) is 0 Å². The molecule has 1 aromatic rings. The van der Waals surface area contributed by atoms with E-state index in [4.69, 9.17) is 0 Å². The Bertz CT molecular complexity index is 592. The first-order valence-corrected chi connectivity index (χ1v) is 8.02. The van der Waals surface area contributed by atoms with Crippen molar-refractivity contribution in [3.8, 4) is 0 Å². The third-order valence-corrected chi connectivity index (χ3v) is 4.23. The molecule has 0 saturated carbocycles. The van der Waals surface area contributed by atoms with Gasteiger partial charge in [-0.05, 0) is 31.9 Å². The zero-order valence-corrected chi connectivity index (χ0v) is 12.9. The summed E-state index contributed by atoms with van der Waals surface area (Å²) in [7, 11) is -2.53. The minimum Gasteiger partial charge on any atom is -0.469 e. The summed E-state index contributed by atoms with van der Waals surface area (Å²) in [4.78, 5) is 22.5. The fourth-order valence-corrected chi connectivity index (χ4v) is 2.65. The number of amides is 1. The Kier molecular flexibility index (Phi) is 6.36. The van der Waals surface area contributed by atoms with Crippen LogP contribution in [0.1, 0.15) is 31.2 Å². The second-order valence-electron chi connectivity index (χ2n) is 4.62. The third kappa shape index (κ3) is 5.95. The molecule has 0 bridgehead atoms. The molecule has 0 unspecified atom stereocenters. The molecule has 1 amide bonds. The van der Waals surface area contributed by atoms with Crippen LogP contribution in [-0.4, -0.2) is 27.4 Å². The topological polar surface area (TPSA) is 89.5 Å². The van der Waals surface area contributed by atoms with Gasteiger partial charge in [0.1, 0.15) is 0 Å². The molecule has 1 rings (SSSR count). The fraction of sp³-hybridized carbons (Fsp3) is 0.429. The molecule has 0 spiro atoms. The number of aryl methyl sites for hydroxylation is 1. The molecule has 0 aliphatic rings. The van der Waals surface area contributed by atoms with Crippen LogP contribution in [0.4, 0.5) is 0 Å². The van der Waals surface area contributed by atoms with Gasteiger partial charge >= 0.3 is 5.97 Å². The number of carbonyl (C=O) groups excluding carboxylic acids is 2. The number of carbonyl (C=O) groups is 2. The van der Waals surface area contributed by atoms with Crippen molar-refractivity contribution in [1.82, 2.24) is 4.72 Å². The standard InChI is InChI=1S/C14H19NO5S/c1-11-7-9-12(10-8-11)21(18,19)15-13(16)5-3-4-6-14(17)20-2/h7-10H,3-6H2,1-2H3,(H,15,16). The lowest BCUT2D eigenvalue weighted by atomic mass is 10.2. The molecule has 116 valence electrons. The molecule has 6 nitrogen and oxygen atoms in total. The van der Waals surface area contributed by atoms with Crippen LogP contribution < -0.4 is 4.72 Å². The summed E-state index contributed by atoms with van der Waals surface area (Å²) < 4.78 is 30.4. The van der Waals surface area contributed by atoms with E-state index in [9.17, 15) is 18.0 Å². The van der Waals surface area contributed by atoms with Gasteiger partial charge in [-0.3, -0.25) is 9.59 Å². The summed E-state index contributed by atoms with van der Waals surface area (Å²) in [6, 6.07) is 6.22. The zero-order chi connectivity index (χ0) is 15.9. The Labute approximate surface area is 124 Å². The predicted molar refractivity (Wildman–Crippen MR) is 77.0 cm³/mol. The lowest BCUT2D eigenvalue weighted by Gasteiger charge is -2.07. The number of hydrogen-bond donors (Lipinski definition) is 1. The van der Waals surface area contributed by atoms with Gasteiger partial charge < -0.3 is 4.74 Å². The summed E-state index contributed by atoms with van der Waals surface area (Å²) in [6.07, 6.45) is 1.16. The van der Waals surface area contributed by atoms with Gasteiger partial charge in [-0.25, -0.2) is 13.1 Å². The maximum absolute atomic E-state index is 11.9. The molecule has 7 heteroatoms. The van der Waals surface area contributed by atoms with Crippen LogP contribution in [0.3, 0.4) is 0 Å². The Morgan fingerprint density at radius 1 is 1.10 bits per heavy atom. The van der Waals surface area contributed by atoms with Gasteiger partial charge in [-0.1, -0.05) is 17.7 Å². The molecule has 0 atom stereocenters. The van der Waals surface area contributed by atoms with Crippen LogP contribution in [0.2, 0.25) is 0 Å². The molecular weight excluding hydrogens is 294 g/mol. The van der Waals surface area contributed by atoms with E-state index in [2.05, 4.69) is 4.74 Å². The van der Waals surface area contributed by atoms with E-state index in [1.54, 1.807) is 12.1 Å². The number of unbranched alkanes of at least 4 members (excludes halogenated alkanes) is 1. The predicted octanol–water partition coefficient (Wildman–Crippen LogP) is 1.53. The van der Waals surface area contributed by atoms with Crippen molar-refractivity contribution in [2.24, 2.45) is 0 Å². The Hall–Kier alpha value is -1.89. The number of sulfonamides is 1. The van der Waals surface area contributed by atoms with Crippen molar-refractivity contribution in [2.75, 3.05) is 7.11 Å². The van der Waals surface area contributed by atoms with E-state index in [0.29, 0.717) is 12.8 Å². The summed E-state index contributed by atoms with van der Waals surface area (Å²) in [5, 5.41) is 0. The van der Waals surface area contributed by atoms with Crippen LogP contribution in [0.15, 0.2) is 29.2 Å². The molecular formula is C14H19NO5S. The maximum atomic E-state index is 11.9. The van der Waals surface area contributed by atoms with Gasteiger partial charge in [0.2, 0.25) is 5.91 Å². The molecule has 0 saturated heterocycles. The van der Waals surface area contributed by atoms with E-state index in [1.165, 1.54) is 19.2 Å². The molecule has 21 heavy (non-hydrogen) atoms. The second kappa shape index (κ2) is 7.78. The van der Waals surface area contributed by atoms with Crippen LogP contribution >= 0.6 is 0 Å². The first-order valence-electron chi connectivity index (χ1n) is 6.54. The number of methoxy groups -OCH3 is 1. The Morgan fingerprint density at radius 2 is 1.67 bits per heavy atom. The van der Waals surface area contributed by atoms with Crippen LogP contribution in [0.5, 0.6) is 0 Å². The van der Waals surface area contributed by atoms with Crippen molar-refractivity contribution in [3.05, 3.63) is 29.8 Å². The Morgan fingerprint density at radius 3 is 2.24 bits per heavy atom. The van der Waals surface area contributed by atoms with Gasteiger partial charge in [0, 0.05) is 12.8 Å². The van der Waals surface area contributed by atoms with Crippen molar-refractivity contribution in [2.45, 2.75) is 37.5 Å². The smallest absolute Gasteiger partial charge is 0.305 e. The number of rotatable bonds is 7. The number of hydrogen-bond acceptors (Lipinski definition) is 5. The quantitative estimate of drug-likeness (QED) is 0.609. The first kappa shape index (κ1) is 17.2. The van der Waals surface area contributed by atoms with Crippen molar-refractivity contribution in [3.63, 3.8) is 0 Å². The molecule has 0 fully saturated rings. The molecule has 0 heterocycles. The normalized spacial score (nSPS) is 11.0. The summed E-state index contributed by atoms with van der Waals surface area (Å²) in [5.41, 5.74) is 0.933. The van der Waals surface area contributed by atoms with E-state index in [0.717, 1.165) is 5.56 Å². The highest BCUT2D eigenvalue weighted by molar-refractivity contribution is 7.90. The molecule has 0 aromatic heterocycles. The largest absolute Gasteiger partial charge is 0.469 e. The van der Waals surface area contributed by atoms with E-state index >= 15 is 0 Å². The molecule has 1 aromatic carbocycles. The average molecular weight is 313 g/mol. The lowest BCUT2D eigenvalue weighted by molar-refractivity contribution is -0.140. The van der Waals surface area contributed by atoms with E-state index < -0.39 is 15.9 Å². The SMILES string of the molecule is COC(=O)CCCCC(=O)NS(=O)(=O)c1ccc(C)cc1. The molecule has 0 aliphatic heterocycles. The van der Waals surface area contributed by atoms with Crippen molar-refractivity contribution >= 4 is 21.9 Å². The highest BCUT2D eigenvalue weighted by atomic mass is 32.2.